The molecule has 258 valence electrons. The molecule has 1 aliphatic heterocycles. The van der Waals surface area contributed by atoms with Gasteiger partial charge in [-0.25, -0.2) is 9.97 Å². The Morgan fingerprint density at radius 3 is 1.69 bits per heavy atom. The second kappa shape index (κ2) is 13.2. The van der Waals surface area contributed by atoms with Crippen molar-refractivity contribution in [1.29, 1.82) is 0 Å². The fraction of sp³-hybridized carbons (Fsp3) is 0. The van der Waals surface area contributed by atoms with E-state index in [4.69, 9.17) is 9.97 Å². The van der Waals surface area contributed by atoms with Crippen LogP contribution in [0.1, 0.15) is 0 Å². The van der Waals surface area contributed by atoms with Crippen LogP contribution in [0.4, 0.5) is 0 Å². The summed E-state index contributed by atoms with van der Waals surface area (Å²) in [6.07, 6.45) is 0. The summed E-state index contributed by atoms with van der Waals surface area (Å²) in [5.74, 6) is 0.703. The van der Waals surface area contributed by atoms with Crippen LogP contribution in [0.5, 0.6) is 0 Å². The Morgan fingerprint density at radius 1 is 0.382 bits per heavy atom. The zero-order valence-corrected chi connectivity index (χ0v) is 31.2. The van der Waals surface area contributed by atoms with Crippen molar-refractivity contribution in [2.45, 2.75) is 19.6 Å². The minimum atomic E-state index is 0.703. The number of aromatic nitrogens is 3. The van der Waals surface area contributed by atoms with Gasteiger partial charge in [0.2, 0.25) is 0 Å². The Kier molecular flexibility index (Phi) is 7.68. The summed E-state index contributed by atoms with van der Waals surface area (Å²) in [7, 11) is 0. The predicted molar refractivity (Wildman–Crippen MR) is 230 cm³/mol. The van der Waals surface area contributed by atoms with Crippen LogP contribution in [-0.4, -0.2) is 14.5 Å². The summed E-state index contributed by atoms with van der Waals surface area (Å²) in [4.78, 5) is 15.5. The van der Waals surface area contributed by atoms with E-state index in [1.54, 1.807) is 0 Å². The fourth-order valence-corrected chi connectivity index (χ4v) is 10.2. The highest BCUT2D eigenvalue weighted by Crippen LogP contribution is 2.52. The van der Waals surface area contributed by atoms with E-state index in [1.807, 2.05) is 35.7 Å². The van der Waals surface area contributed by atoms with E-state index in [9.17, 15) is 0 Å². The normalized spacial score (nSPS) is 12.2. The molecule has 0 unspecified atom stereocenters. The van der Waals surface area contributed by atoms with E-state index >= 15 is 0 Å². The maximum atomic E-state index is 5.12. The molecule has 2 aromatic heterocycles. The Bertz CT molecular complexity index is 3040. The minimum Gasteiger partial charge on any atom is -0.308 e. The van der Waals surface area contributed by atoms with E-state index in [2.05, 4.69) is 180 Å². The quantitative estimate of drug-likeness (QED) is 0.176. The highest BCUT2D eigenvalue weighted by molar-refractivity contribution is 8.05. The van der Waals surface area contributed by atoms with Gasteiger partial charge in [0.25, 0.3) is 0 Å². The van der Waals surface area contributed by atoms with Gasteiger partial charge >= 0.3 is 0 Å². The highest BCUT2D eigenvalue weighted by atomic mass is 32.2. The molecule has 0 amide bonds. The van der Waals surface area contributed by atoms with Gasteiger partial charge in [-0.3, -0.25) is 0 Å². The Balaban J connectivity index is 1.08. The molecule has 0 saturated carbocycles. The summed E-state index contributed by atoms with van der Waals surface area (Å²) >= 11 is 3.75. The Morgan fingerprint density at radius 2 is 0.964 bits per heavy atom. The van der Waals surface area contributed by atoms with Crippen LogP contribution in [-0.2, 0) is 0 Å². The number of rotatable bonds is 5. The molecule has 1 aliphatic rings. The van der Waals surface area contributed by atoms with E-state index in [0.717, 1.165) is 44.9 Å². The first-order valence-corrected chi connectivity index (χ1v) is 20.0. The van der Waals surface area contributed by atoms with Crippen molar-refractivity contribution in [1.82, 2.24) is 14.5 Å². The summed E-state index contributed by atoms with van der Waals surface area (Å²) in [6, 6.07) is 67.2. The van der Waals surface area contributed by atoms with Crippen molar-refractivity contribution in [2.75, 3.05) is 0 Å². The van der Waals surface area contributed by atoms with Crippen molar-refractivity contribution >= 4 is 56.1 Å². The first-order valence-electron chi connectivity index (χ1n) is 18.4. The lowest BCUT2D eigenvalue weighted by Crippen LogP contribution is -1.98. The third-order valence-electron chi connectivity index (χ3n) is 10.4. The lowest BCUT2D eigenvalue weighted by Gasteiger charge is -2.20. The van der Waals surface area contributed by atoms with E-state index in [-0.39, 0.29) is 0 Å². The van der Waals surface area contributed by atoms with Crippen LogP contribution in [0.3, 0.4) is 0 Å². The third kappa shape index (κ3) is 5.63. The summed E-state index contributed by atoms with van der Waals surface area (Å²) in [5, 5.41) is 5.01. The van der Waals surface area contributed by atoms with E-state index in [1.165, 1.54) is 52.2 Å². The summed E-state index contributed by atoms with van der Waals surface area (Å²) in [5.41, 5.74) is 10.7. The largest absolute Gasteiger partial charge is 0.308 e. The van der Waals surface area contributed by atoms with E-state index in [0.29, 0.717) is 5.82 Å². The highest BCUT2D eigenvalue weighted by Gasteiger charge is 2.24. The smallest absolute Gasteiger partial charge is 0.160 e. The molecule has 11 rings (SSSR count). The molecule has 5 heteroatoms. The van der Waals surface area contributed by atoms with Gasteiger partial charge in [0.1, 0.15) is 0 Å². The molecule has 0 N–H and O–H groups in total. The molecule has 0 aliphatic carbocycles. The van der Waals surface area contributed by atoms with Gasteiger partial charge in [0.15, 0.2) is 5.82 Å². The van der Waals surface area contributed by atoms with Crippen LogP contribution in [0.15, 0.2) is 208 Å². The van der Waals surface area contributed by atoms with Gasteiger partial charge < -0.3 is 4.57 Å². The monoisotopic (exact) mass is 737 g/mol. The number of fused-ring (bicyclic) bond motifs is 7. The van der Waals surface area contributed by atoms with Crippen LogP contribution >= 0.6 is 23.5 Å². The van der Waals surface area contributed by atoms with Gasteiger partial charge in [0, 0.05) is 47.8 Å². The van der Waals surface area contributed by atoms with Crippen molar-refractivity contribution in [3.8, 4) is 50.7 Å². The van der Waals surface area contributed by atoms with Gasteiger partial charge in [-0.1, -0.05) is 157 Å². The molecular formula is C50H31N3S2. The number of benzene rings is 8. The average molecular weight is 738 g/mol. The summed E-state index contributed by atoms with van der Waals surface area (Å²) < 4.78 is 2.49. The molecule has 0 bridgehead atoms. The first-order chi connectivity index (χ1) is 27.2. The van der Waals surface area contributed by atoms with Gasteiger partial charge in [-0.2, -0.15) is 0 Å². The van der Waals surface area contributed by atoms with Crippen LogP contribution in [0, 0.1) is 0 Å². The second-order valence-corrected chi connectivity index (χ2v) is 16.0. The molecule has 55 heavy (non-hydrogen) atoms. The van der Waals surface area contributed by atoms with Crippen LogP contribution in [0.2, 0.25) is 0 Å². The standard InChI is InChI=1S/C50H31N3S2/c1-3-13-32(14-4-1)42-31-43(33-15-5-2-6-16-33)52-50(51-42)38-21-11-19-34(27-38)35-20-12-22-39(28-35)53-44-30-37-18-8-7-17-36(37)29-41(44)40-25-26-47-49(48(40)53)55-46-24-10-9-23-45(46)54-47/h1-31H. The topological polar surface area (TPSA) is 30.7 Å². The zero-order chi connectivity index (χ0) is 36.3. The van der Waals surface area contributed by atoms with Gasteiger partial charge in [-0.15, -0.1) is 0 Å². The van der Waals surface area contributed by atoms with E-state index < -0.39 is 0 Å². The minimum absolute atomic E-state index is 0.703. The molecule has 10 aromatic rings. The molecule has 8 aromatic carbocycles. The molecule has 0 spiro atoms. The number of hydrogen-bond acceptors (Lipinski definition) is 4. The molecule has 0 saturated heterocycles. The predicted octanol–water partition coefficient (Wildman–Crippen LogP) is 14.0. The van der Waals surface area contributed by atoms with Crippen molar-refractivity contribution < 1.29 is 0 Å². The fourth-order valence-electron chi connectivity index (χ4n) is 7.79. The maximum absolute atomic E-state index is 5.12. The third-order valence-corrected chi connectivity index (χ3v) is 13.0. The Hall–Kier alpha value is -6.40. The molecular weight excluding hydrogens is 707 g/mol. The maximum Gasteiger partial charge on any atom is 0.160 e. The first kappa shape index (κ1) is 32.1. The van der Waals surface area contributed by atoms with Crippen LogP contribution in [0.25, 0.3) is 83.3 Å². The Labute approximate surface area is 327 Å². The van der Waals surface area contributed by atoms with Crippen LogP contribution < -0.4 is 0 Å². The number of nitrogens with zero attached hydrogens (tertiary/aromatic N) is 3. The van der Waals surface area contributed by atoms with Gasteiger partial charge in [0.05, 0.1) is 27.3 Å². The van der Waals surface area contributed by atoms with Crippen molar-refractivity contribution in [3.05, 3.63) is 188 Å². The average Bonchev–Trinajstić information content (AvgIpc) is 3.59. The summed E-state index contributed by atoms with van der Waals surface area (Å²) in [6.45, 7) is 0. The molecule has 3 heterocycles. The van der Waals surface area contributed by atoms with Gasteiger partial charge in [-0.05, 0) is 76.5 Å². The lowest BCUT2D eigenvalue weighted by atomic mass is 10.0. The lowest BCUT2D eigenvalue weighted by molar-refractivity contribution is 1.11. The molecule has 0 radical (unpaired) electrons. The molecule has 0 fully saturated rings. The second-order valence-electron chi connectivity index (χ2n) is 13.8. The number of hydrogen-bond donors (Lipinski definition) is 0. The molecule has 3 nitrogen and oxygen atoms in total. The molecule has 0 atom stereocenters. The SMILES string of the molecule is c1ccc(-c2cc(-c3ccccc3)nc(-c3cccc(-c4cccc(-n5c6cc7ccccc7cc6c6ccc7c(c65)Sc5ccccc5S7)c4)c3)n2)cc1. The van der Waals surface area contributed by atoms with Crippen molar-refractivity contribution in [3.63, 3.8) is 0 Å². The zero-order valence-electron chi connectivity index (χ0n) is 29.6. The van der Waals surface area contributed by atoms with Crippen molar-refractivity contribution in [2.24, 2.45) is 0 Å².